The van der Waals surface area contributed by atoms with Gasteiger partial charge >= 0.3 is 0 Å². The van der Waals surface area contributed by atoms with Gasteiger partial charge in [-0.25, -0.2) is 0 Å². The molecule has 0 amide bonds. The predicted molar refractivity (Wildman–Crippen MR) is 72.5 cm³/mol. The summed E-state index contributed by atoms with van der Waals surface area (Å²) in [4.78, 5) is 4.94. The van der Waals surface area contributed by atoms with Crippen molar-refractivity contribution in [2.75, 3.05) is 66.1 Å². The Morgan fingerprint density at radius 2 is 1.82 bits per heavy atom. The van der Waals surface area contributed by atoms with Crippen molar-refractivity contribution in [3.05, 3.63) is 0 Å². The Balaban J connectivity index is 1.81. The normalized spacial score (nSPS) is 18.7. The van der Waals surface area contributed by atoms with Crippen molar-refractivity contribution in [2.24, 2.45) is 0 Å². The molecule has 0 spiro atoms. The Morgan fingerprint density at radius 3 is 2.53 bits per heavy atom. The summed E-state index contributed by atoms with van der Waals surface area (Å²) in [7, 11) is 2.20. The first-order valence-electron chi connectivity index (χ1n) is 7.02. The van der Waals surface area contributed by atoms with E-state index >= 15 is 0 Å². The van der Waals surface area contributed by atoms with Crippen molar-refractivity contribution in [1.29, 1.82) is 0 Å². The molecule has 0 unspecified atom stereocenters. The van der Waals surface area contributed by atoms with Gasteiger partial charge in [-0.1, -0.05) is 6.92 Å². The van der Waals surface area contributed by atoms with Gasteiger partial charge in [0.25, 0.3) is 0 Å². The van der Waals surface area contributed by atoms with Crippen LogP contribution < -0.4 is 5.32 Å². The zero-order valence-corrected chi connectivity index (χ0v) is 11.6. The Morgan fingerprint density at radius 1 is 1.06 bits per heavy atom. The predicted octanol–water partition coefficient (Wildman–Crippen LogP) is 0.640. The number of rotatable bonds is 9. The van der Waals surface area contributed by atoms with Gasteiger partial charge in [0, 0.05) is 52.5 Å². The van der Waals surface area contributed by atoms with E-state index < -0.39 is 0 Å². The zero-order valence-electron chi connectivity index (χ0n) is 11.6. The first kappa shape index (κ1) is 14.9. The fraction of sp³-hybridized carbons (Fsp3) is 1.00. The van der Waals surface area contributed by atoms with Gasteiger partial charge in [-0.2, -0.15) is 0 Å². The number of ether oxygens (including phenoxy) is 1. The highest BCUT2D eigenvalue weighted by atomic mass is 16.5. The molecule has 1 aliphatic rings. The maximum absolute atomic E-state index is 5.44. The highest BCUT2D eigenvalue weighted by Crippen LogP contribution is 1.97. The first-order chi connectivity index (χ1) is 8.33. The smallest absolute Gasteiger partial charge is 0.0478 e. The molecule has 0 bridgehead atoms. The molecule has 0 aromatic carbocycles. The average molecular weight is 243 g/mol. The standard InChI is InChI=1S/C13H29N3O/c1-3-12-17-13-4-5-14-6-7-16-10-8-15(2)9-11-16/h14H,3-13H2,1-2H3. The fourth-order valence-corrected chi connectivity index (χ4v) is 1.98. The highest BCUT2D eigenvalue weighted by Gasteiger charge is 2.12. The molecule has 0 aromatic heterocycles. The third-order valence-corrected chi connectivity index (χ3v) is 3.19. The van der Waals surface area contributed by atoms with E-state index in [1.165, 1.54) is 32.7 Å². The monoisotopic (exact) mass is 243 g/mol. The molecule has 102 valence electrons. The van der Waals surface area contributed by atoms with Crippen LogP contribution in [-0.4, -0.2) is 75.9 Å². The fourth-order valence-electron chi connectivity index (χ4n) is 1.98. The van der Waals surface area contributed by atoms with Crippen LogP contribution >= 0.6 is 0 Å². The minimum Gasteiger partial charge on any atom is -0.381 e. The van der Waals surface area contributed by atoms with Crippen LogP contribution in [0.25, 0.3) is 0 Å². The summed E-state index contributed by atoms with van der Waals surface area (Å²) < 4.78 is 5.44. The Hall–Kier alpha value is -0.160. The largest absolute Gasteiger partial charge is 0.381 e. The molecule has 1 saturated heterocycles. The summed E-state index contributed by atoms with van der Waals surface area (Å²) in [5.74, 6) is 0. The molecule has 0 aliphatic carbocycles. The molecule has 1 aliphatic heterocycles. The van der Waals surface area contributed by atoms with Crippen LogP contribution in [0.1, 0.15) is 19.8 Å². The molecule has 1 rings (SSSR count). The van der Waals surface area contributed by atoms with Crippen LogP contribution in [-0.2, 0) is 4.74 Å². The van der Waals surface area contributed by atoms with E-state index in [2.05, 4.69) is 29.1 Å². The second-order valence-electron chi connectivity index (χ2n) is 4.86. The number of nitrogens with one attached hydrogen (secondary N) is 1. The van der Waals surface area contributed by atoms with Crippen molar-refractivity contribution >= 4 is 0 Å². The number of nitrogens with zero attached hydrogens (tertiary/aromatic N) is 2. The molecule has 0 atom stereocenters. The van der Waals surface area contributed by atoms with Gasteiger partial charge in [-0.15, -0.1) is 0 Å². The van der Waals surface area contributed by atoms with E-state index in [1.54, 1.807) is 0 Å². The van der Waals surface area contributed by atoms with Crippen LogP contribution in [0.5, 0.6) is 0 Å². The number of hydrogen-bond donors (Lipinski definition) is 1. The third-order valence-electron chi connectivity index (χ3n) is 3.19. The van der Waals surface area contributed by atoms with Crippen LogP contribution in [0.2, 0.25) is 0 Å². The molecule has 17 heavy (non-hydrogen) atoms. The van der Waals surface area contributed by atoms with Gasteiger partial charge < -0.3 is 15.0 Å². The summed E-state index contributed by atoms with van der Waals surface area (Å²) in [6, 6.07) is 0. The Labute approximate surface area is 106 Å². The molecule has 0 saturated carbocycles. The van der Waals surface area contributed by atoms with E-state index in [0.29, 0.717) is 0 Å². The molecule has 0 aromatic rings. The number of hydrogen-bond acceptors (Lipinski definition) is 4. The first-order valence-corrected chi connectivity index (χ1v) is 7.02. The van der Waals surface area contributed by atoms with E-state index in [9.17, 15) is 0 Å². The molecular formula is C13H29N3O. The van der Waals surface area contributed by atoms with Gasteiger partial charge in [0.1, 0.15) is 0 Å². The lowest BCUT2D eigenvalue weighted by Gasteiger charge is -2.32. The van der Waals surface area contributed by atoms with Crippen molar-refractivity contribution in [3.63, 3.8) is 0 Å². The van der Waals surface area contributed by atoms with Gasteiger partial charge in [0.2, 0.25) is 0 Å². The lowest BCUT2D eigenvalue weighted by Crippen LogP contribution is -2.46. The average Bonchev–Trinajstić information content (AvgIpc) is 2.35. The molecule has 4 nitrogen and oxygen atoms in total. The van der Waals surface area contributed by atoms with Crippen LogP contribution in [0.3, 0.4) is 0 Å². The van der Waals surface area contributed by atoms with E-state index in [1.807, 2.05) is 0 Å². The maximum Gasteiger partial charge on any atom is 0.0478 e. The Bertz CT molecular complexity index is 170. The lowest BCUT2D eigenvalue weighted by molar-refractivity contribution is 0.131. The highest BCUT2D eigenvalue weighted by molar-refractivity contribution is 4.69. The van der Waals surface area contributed by atoms with Crippen molar-refractivity contribution < 1.29 is 4.74 Å². The van der Waals surface area contributed by atoms with Crippen molar-refractivity contribution in [3.8, 4) is 0 Å². The third kappa shape index (κ3) is 7.71. The summed E-state index contributed by atoms with van der Waals surface area (Å²) in [6.45, 7) is 12.2. The lowest BCUT2D eigenvalue weighted by atomic mass is 10.3. The number of piperazine rings is 1. The Kier molecular flexibility index (Phi) is 8.61. The van der Waals surface area contributed by atoms with Gasteiger partial charge in [0.05, 0.1) is 0 Å². The minimum absolute atomic E-state index is 0.898. The molecule has 1 heterocycles. The number of likely N-dealkylation sites (N-methyl/N-ethyl adjacent to an activating group) is 1. The van der Waals surface area contributed by atoms with Crippen molar-refractivity contribution in [1.82, 2.24) is 15.1 Å². The van der Waals surface area contributed by atoms with Crippen LogP contribution in [0.15, 0.2) is 0 Å². The molecule has 1 fully saturated rings. The zero-order chi connectivity index (χ0) is 12.3. The summed E-state index contributed by atoms with van der Waals surface area (Å²) in [5, 5.41) is 3.49. The van der Waals surface area contributed by atoms with Gasteiger partial charge in [0.15, 0.2) is 0 Å². The van der Waals surface area contributed by atoms with E-state index in [-0.39, 0.29) is 0 Å². The quantitative estimate of drug-likeness (QED) is 0.602. The molecule has 0 radical (unpaired) electrons. The van der Waals surface area contributed by atoms with Crippen LogP contribution in [0.4, 0.5) is 0 Å². The molecule has 4 heteroatoms. The topological polar surface area (TPSA) is 27.7 Å². The summed E-state index contributed by atoms with van der Waals surface area (Å²) in [5.41, 5.74) is 0. The second kappa shape index (κ2) is 9.83. The van der Waals surface area contributed by atoms with Crippen LogP contribution in [0, 0.1) is 0 Å². The summed E-state index contributed by atoms with van der Waals surface area (Å²) in [6.07, 6.45) is 2.25. The van der Waals surface area contributed by atoms with Crippen molar-refractivity contribution in [2.45, 2.75) is 19.8 Å². The van der Waals surface area contributed by atoms with E-state index in [0.717, 1.165) is 39.1 Å². The maximum atomic E-state index is 5.44. The minimum atomic E-state index is 0.898. The van der Waals surface area contributed by atoms with Gasteiger partial charge in [-0.3, -0.25) is 4.90 Å². The summed E-state index contributed by atoms with van der Waals surface area (Å²) >= 11 is 0. The SMILES string of the molecule is CCCOCCCNCCN1CCN(C)CC1. The molecule has 1 N–H and O–H groups in total. The molecular weight excluding hydrogens is 214 g/mol. The van der Waals surface area contributed by atoms with E-state index in [4.69, 9.17) is 4.74 Å². The van der Waals surface area contributed by atoms with Gasteiger partial charge in [-0.05, 0) is 26.4 Å². The second-order valence-corrected chi connectivity index (χ2v) is 4.86.